The van der Waals surface area contributed by atoms with Gasteiger partial charge in [-0.1, -0.05) is 30.3 Å². The number of guanidine groups is 1. The van der Waals surface area contributed by atoms with Crippen LogP contribution in [-0.2, 0) is 11.3 Å². The van der Waals surface area contributed by atoms with Gasteiger partial charge in [-0.3, -0.25) is 5.43 Å². The quantitative estimate of drug-likeness (QED) is 0.260. The second kappa shape index (κ2) is 8.49. The Morgan fingerprint density at radius 1 is 1.39 bits per heavy atom. The number of nitrogens with zero attached hydrogens (tertiary/aromatic N) is 2. The topological polar surface area (TPSA) is 62.9 Å². The maximum Gasteiger partial charge on any atom is 0.208 e. The summed E-state index contributed by atoms with van der Waals surface area (Å²) >= 11 is 0. The van der Waals surface area contributed by atoms with Gasteiger partial charge in [0.15, 0.2) is 0 Å². The Morgan fingerprint density at radius 3 is 2.67 bits per heavy atom. The maximum atomic E-state index is 5.52. The lowest BCUT2D eigenvalue weighted by Crippen LogP contribution is -2.44. The van der Waals surface area contributed by atoms with Gasteiger partial charge in [-0.15, -0.1) is 0 Å². The van der Waals surface area contributed by atoms with E-state index in [0.717, 1.165) is 13.1 Å². The molecule has 0 aliphatic carbocycles. The zero-order valence-electron chi connectivity index (χ0n) is 11.1. The van der Waals surface area contributed by atoms with Crippen LogP contribution in [0, 0.1) is 0 Å². The molecular formula is C13H22N4O. The van der Waals surface area contributed by atoms with Crippen molar-refractivity contribution in [3.05, 3.63) is 35.9 Å². The highest BCUT2D eigenvalue weighted by molar-refractivity contribution is 5.79. The van der Waals surface area contributed by atoms with Gasteiger partial charge in [-0.05, 0) is 12.5 Å². The Hall–Kier alpha value is -1.59. The van der Waals surface area contributed by atoms with Crippen LogP contribution in [0.4, 0.5) is 0 Å². The zero-order valence-corrected chi connectivity index (χ0v) is 11.1. The molecule has 0 saturated carbocycles. The maximum absolute atomic E-state index is 5.52. The Labute approximate surface area is 109 Å². The van der Waals surface area contributed by atoms with Crippen LogP contribution in [0.25, 0.3) is 0 Å². The van der Waals surface area contributed by atoms with E-state index in [0.29, 0.717) is 19.1 Å². The first-order chi connectivity index (χ1) is 8.81. The highest BCUT2D eigenvalue weighted by atomic mass is 16.5. The molecule has 1 rings (SSSR count). The fraction of sp³-hybridized carbons (Fsp3) is 0.462. The third-order valence-corrected chi connectivity index (χ3v) is 2.58. The van der Waals surface area contributed by atoms with Crippen molar-refractivity contribution in [2.45, 2.75) is 13.5 Å². The van der Waals surface area contributed by atoms with Crippen molar-refractivity contribution < 1.29 is 4.74 Å². The van der Waals surface area contributed by atoms with Gasteiger partial charge < -0.3 is 9.64 Å². The molecule has 0 heterocycles. The van der Waals surface area contributed by atoms with E-state index in [1.165, 1.54) is 5.56 Å². The van der Waals surface area contributed by atoms with Crippen molar-refractivity contribution in [3.63, 3.8) is 0 Å². The summed E-state index contributed by atoms with van der Waals surface area (Å²) in [5.41, 5.74) is 3.88. The summed E-state index contributed by atoms with van der Waals surface area (Å²) in [7, 11) is 1.66. The number of aliphatic imine (C=N–C) groups is 1. The van der Waals surface area contributed by atoms with E-state index in [1.54, 1.807) is 7.11 Å². The fourth-order valence-electron chi connectivity index (χ4n) is 1.62. The first-order valence-corrected chi connectivity index (χ1v) is 6.10. The largest absolute Gasteiger partial charge is 0.383 e. The lowest BCUT2D eigenvalue weighted by Gasteiger charge is -2.24. The molecule has 100 valence electrons. The Bertz CT molecular complexity index is 353. The number of rotatable bonds is 6. The molecule has 0 radical (unpaired) electrons. The van der Waals surface area contributed by atoms with Gasteiger partial charge in [0, 0.05) is 20.2 Å². The van der Waals surface area contributed by atoms with Crippen molar-refractivity contribution in [3.8, 4) is 0 Å². The molecule has 3 N–H and O–H groups in total. The van der Waals surface area contributed by atoms with Crippen LogP contribution in [0.3, 0.4) is 0 Å². The SMILES string of the molecule is CCN(Cc1ccccc1)C(=NCCOC)NN. The summed E-state index contributed by atoms with van der Waals surface area (Å²) in [4.78, 5) is 6.47. The number of benzene rings is 1. The lowest BCUT2D eigenvalue weighted by molar-refractivity contribution is 0.207. The molecule has 18 heavy (non-hydrogen) atoms. The molecule has 5 nitrogen and oxygen atoms in total. The van der Waals surface area contributed by atoms with Gasteiger partial charge in [0.2, 0.25) is 5.96 Å². The molecule has 0 amide bonds. The fourth-order valence-corrected chi connectivity index (χ4v) is 1.62. The molecular weight excluding hydrogens is 228 g/mol. The van der Waals surface area contributed by atoms with E-state index >= 15 is 0 Å². The normalized spacial score (nSPS) is 11.4. The third kappa shape index (κ3) is 4.73. The van der Waals surface area contributed by atoms with Crippen LogP contribution < -0.4 is 11.3 Å². The molecule has 1 aromatic rings. The summed E-state index contributed by atoms with van der Waals surface area (Å²) in [6, 6.07) is 10.2. The van der Waals surface area contributed by atoms with Crippen LogP contribution in [0.1, 0.15) is 12.5 Å². The smallest absolute Gasteiger partial charge is 0.208 e. The molecule has 0 aromatic heterocycles. The van der Waals surface area contributed by atoms with Gasteiger partial charge in [-0.2, -0.15) is 0 Å². The van der Waals surface area contributed by atoms with Crippen molar-refractivity contribution in [1.29, 1.82) is 0 Å². The van der Waals surface area contributed by atoms with Gasteiger partial charge in [0.1, 0.15) is 0 Å². The minimum atomic E-state index is 0.591. The molecule has 0 aliphatic rings. The number of hydrogen-bond acceptors (Lipinski definition) is 3. The predicted octanol–water partition coefficient (Wildman–Crippen LogP) is 0.974. The molecule has 0 atom stereocenters. The Morgan fingerprint density at radius 2 is 2.11 bits per heavy atom. The van der Waals surface area contributed by atoms with Crippen LogP contribution >= 0.6 is 0 Å². The molecule has 0 aliphatic heterocycles. The van der Waals surface area contributed by atoms with Crippen LogP contribution in [-0.4, -0.2) is 37.7 Å². The van der Waals surface area contributed by atoms with E-state index in [-0.39, 0.29) is 0 Å². The van der Waals surface area contributed by atoms with Gasteiger partial charge in [-0.25, -0.2) is 10.8 Å². The lowest BCUT2D eigenvalue weighted by atomic mass is 10.2. The van der Waals surface area contributed by atoms with E-state index in [9.17, 15) is 0 Å². The minimum Gasteiger partial charge on any atom is -0.383 e. The standard InChI is InChI=1S/C13H22N4O/c1-3-17(11-12-7-5-4-6-8-12)13(16-14)15-9-10-18-2/h4-8H,3,9-11,14H2,1-2H3,(H,15,16). The number of nitrogens with one attached hydrogen (secondary N) is 1. The number of methoxy groups -OCH3 is 1. The van der Waals surface area contributed by atoms with Crippen molar-refractivity contribution in [2.24, 2.45) is 10.8 Å². The van der Waals surface area contributed by atoms with E-state index in [4.69, 9.17) is 10.6 Å². The average Bonchev–Trinajstić information content (AvgIpc) is 2.43. The highest BCUT2D eigenvalue weighted by Gasteiger charge is 2.08. The monoisotopic (exact) mass is 250 g/mol. The molecule has 0 spiro atoms. The summed E-state index contributed by atoms with van der Waals surface area (Å²) < 4.78 is 4.97. The Balaban J connectivity index is 2.65. The van der Waals surface area contributed by atoms with E-state index in [1.807, 2.05) is 18.2 Å². The molecule has 0 unspecified atom stereocenters. The molecule has 0 bridgehead atoms. The van der Waals surface area contributed by atoms with Gasteiger partial charge in [0.05, 0.1) is 13.2 Å². The first-order valence-electron chi connectivity index (χ1n) is 6.10. The van der Waals surface area contributed by atoms with Crippen molar-refractivity contribution >= 4 is 5.96 Å². The van der Waals surface area contributed by atoms with Crippen LogP contribution in [0.15, 0.2) is 35.3 Å². The van der Waals surface area contributed by atoms with E-state index < -0.39 is 0 Å². The molecule has 0 saturated heterocycles. The second-order valence-electron chi connectivity index (χ2n) is 3.84. The summed E-state index contributed by atoms with van der Waals surface area (Å²) in [6.45, 7) is 4.89. The highest BCUT2D eigenvalue weighted by Crippen LogP contribution is 2.04. The number of nitrogens with two attached hydrogens (primary N) is 1. The van der Waals surface area contributed by atoms with Crippen molar-refractivity contribution in [2.75, 3.05) is 26.8 Å². The molecule has 1 aromatic carbocycles. The van der Waals surface area contributed by atoms with Crippen molar-refractivity contribution in [1.82, 2.24) is 10.3 Å². The van der Waals surface area contributed by atoms with Crippen LogP contribution in [0.2, 0.25) is 0 Å². The average molecular weight is 250 g/mol. The predicted molar refractivity (Wildman–Crippen MR) is 74.0 cm³/mol. The summed E-state index contributed by atoms with van der Waals surface area (Å²) in [6.07, 6.45) is 0. The van der Waals surface area contributed by atoms with Crippen LogP contribution in [0.5, 0.6) is 0 Å². The van der Waals surface area contributed by atoms with Gasteiger partial charge in [0.25, 0.3) is 0 Å². The molecule has 5 heteroatoms. The number of hydrogen-bond donors (Lipinski definition) is 2. The van der Waals surface area contributed by atoms with Gasteiger partial charge >= 0.3 is 0 Å². The number of ether oxygens (including phenoxy) is 1. The van der Waals surface area contributed by atoms with E-state index in [2.05, 4.69) is 34.4 Å². The second-order valence-corrected chi connectivity index (χ2v) is 3.84. The summed E-state index contributed by atoms with van der Waals surface area (Å²) in [5, 5.41) is 0. The molecule has 0 fully saturated rings. The minimum absolute atomic E-state index is 0.591. The number of hydrazine groups is 1. The Kier molecular flexibility index (Phi) is 6.83. The third-order valence-electron chi connectivity index (χ3n) is 2.58. The summed E-state index contributed by atoms with van der Waals surface area (Å²) in [5.74, 6) is 6.21. The first kappa shape index (κ1) is 14.5. The zero-order chi connectivity index (χ0) is 13.2.